The summed E-state index contributed by atoms with van der Waals surface area (Å²) in [5.74, 6) is 3.01. The first-order chi connectivity index (χ1) is 13.2. The van der Waals surface area contributed by atoms with E-state index in [0.29, 0.717) is 17.3 Å². The first kappa shape index (κ1) is 17.7. The SMILES string of the molecule is C[C@@]12CCCC1C1CC(C=O)c3cc(OC4CCCCO4)ccc3C1CC2. The van der Waals surface area contributed by atoms with Crippen LogP contribution in [-0.2, 0) is 9.53 Å². The van der Waals surface area contributed by atoms with Crippen LogP contribution in [0.25, 0.3) is 0 Å². The molecule has 1 aliphatic heterocycles. The molecule has 5 rings (SSSR count). The summed E-state index contributed by atoms with van der Waals surface area (Å²) in [6.45, 7) is 3.30. The number of hydrogen-bond acceptors (Lipinski definition) is 3. The molecule has 3 fully saturated rings. The molecule has 5 unspecified atom stereocenters. The Labute approximate surface area is 162 Å². The van der Waals surface area contributed by atoms with Crippen molar-refractivity contribution in [2.24, 2.45) is 17.3 Å². The number of carbonyl (C=O) groups excluding carboxylic acids is 1. The van der Waals surface area contributed by atoms with Crippen molar-refractivity contribution in [1.29, 1.82) is 0 Å². The molecule has 0 bridgehead atoms. The van der Waals surface area contributed by atoms with E-state index in [2.05, 4.69) is 25.1 Å². The molecule has 1 aromatic carbocycles. The van der Waals surface area contributed by atoms with Gasteiger partial charge in [-0.05, 0) is 91.4 Å². The first-order valence-corrected chi connectivity index (χ1v) is 11.1. The highest BCUT2D eigenvalue weighted by Crippen LogP contribution is 2.62. The van der Waals surface area contributed by atoms with E-state index in [0.717, 1.165) is 44.0 Å². The summed E-state index contributed by atoms with van der Waals surface area (Å²) in [6.07, 6.45) is 12.1. The van der Waals surface area contributed by atoms with E-state index in [4.69, 9.17) is 9.47 Å². The lowest BCUT2D eigenvalue weighted by molar-refractivity contribution is -0.110. The van der Waals surface area contributed by atoms with Crippen molar-refractivity contribution < 1.29 is 14.3 Å². The minimum Gasteiger partial charge on any atom is -0.465 e. The van der Waals surface area contributed by atoms with Crippen LogP contribution in [0.3, 0.4) is 0 Å². The van der Waals surface area contributed by atoms with Gasteiger partial charge in [-0.2, -0.15) is 0 Å². The predicted molar refractivity (Wildman–Crippen MR) is 105 cm³/mol. The molecule has 1 saturated heterocycles. The van der Waals surface area contributed by atoms with Crippen LogP contribution in [0.1, 0.15) is 87.7 Å². The fourth-order valence-corrected chi connectivity index (χ4v) is 6.79. The normalized spacial score (nSPS) is 40.6. The molecule has 0 aromatic heterocycles. The maximum atomic E-state index is 12.0. The molecule has 3 nitrogen and oxygen atoms in total. The maximum absolute atomic E-state index is 12.0. The lowest BCUT2D eigenvalue weighted by atomic mass is 9.54. The summed E-state index contributed by atoms with van der Waals surface area (Å²) in [6, 6.07) is 6.52. The van der Waals surface area contributed by atoms with Gasteiger partial charge >= 0.3 is 0 Å². The van der Waals surface area contributed by atoms with E-state index in [9.17, 15) is 4.79 Å². The quantitative estimate of drug-likeness (QED) is 0.654. The summed E-state index contributed by atoms with van der Waals surface area (Å²) in [7, 11) is 0. The Kier molecular flexibility index (Phi) is 4.54. The topological polar surface area (TPSA) is 35.5 Å². The first-order valence-electron chi connectivity index (χ1n) is 11.1. The van der Waals surface area contributed by atoms with Crippen LogP contribution in [0, 0.1) is 17.3 Å². The van der Waals surface area contributed by atoms with Gasteiger partial charge in [0.25, 0.3) is 0 Å². The molecule has 1 heterocycles. The summed E-state index contributed by atoms with van der Waals surface area (Å²) < 4.78 is 11.8. The number of rotatable bonds is 3. The second kappa shape index (κ2) is 6.92. The van der Waals surface area contributed by atoms with Crippen molar-refractivity contribution >= 4 is 6.29 Å². The molecule has 0 spiro atoms. The zero-order valence-corrected chi connectivity index (χ0v) is 16.5. The molecule has 0 N–H and O–H groups in total. The van der Waals surface area contributed by atoms with Crippen molar-refractivity contribution in [3.05, 3.63) is 29.3 Å². The maximum Gasteiger partial charge on any atom is 0.199 e. The lowest BCUT2D eigenvalue weighted by Crippen LogP contribution is -2.40. The Morgan fingerprint density at radius 1 is 1.11 bits per heavy atom. The lowest BCUT2D eigenvalue weighted by Gasteiger charge is -2.50. The highest BCUT2D eigenvalue weighted by molar-refractivity contribution is 5.65. The van der Waals surface area contributed by atoms with Gasteiger partial charge in [0.2, 0.25) is 0 Å². The van der Waals surface area contributed by atoms with E-state index < -0.39 is 0 Å². The van der Waals surface area contributed by atoms with Gasteiger partial charge in [0.1, 0.15) is 12.0 Å². The molecule has 6 atom stereocenters. The number of ether oxygens (including phenoxy) is 2. The third-order valence-electron chi connectivity index (χ3n) is 8.17. The van der Waals surface area contributed by atoms with Gasteiger partial charge in [0.05, 0.1) is 6.61 Å². The standard InChI is InChI=1S/C24H32O3/c1-24-10-4-5-22(24)21-13-16(15-25)20-14-17(27-23-6-2-3-12-26-23)7-8-18(20)19(21)9-11-24/h7-8,14-16,19,21-23H,2-6,9-13H2,1H3/t16?,19?,21?,22?,23?,24-/m0/s1. The average Bonchev–Trinajstić information content (AvgIpc) is 3.10. The Morgan fingerprint density at radius 3 is 2.85 bits per heavy atom. The van der Waals surface area contributed by atoms with E-state index in [-0.39, 0.29) is 12.2 Å². The van der Waals surface area contributed by atoms with E-state index >= 15 is 0 Å². The predicted octanol–water partition coefficient (Wildman–Crippen LogP) is 5.58. The Bertz CT molecular complexity index is 708. The molecule has 146 valence electrons. The van der Waals surface area contributed by atoms with Crippen LogP contribution in [0.4, 0.5) is 0 Å². The summed E-state index contributed by atoms with van der Waals surface area (Å²) >= 11 is 0. The number of carbonyl (C=O) groups is 1. The van der Waals surface area contributed by atoms with Crippen LogP contribution in [0.5, 0.6) is 5.75 Å². The zero-order chi connectivity index (χ0) is 18.4. The molecule has 4 aliphatic rings. The van der Waals surface area contributed by atoms with Crippen molar-refractivity contribution in [2.75, 3.05) is 6.61 Å². The van der Waals surface area contributed by atoms with Crippen LogP contribution in [0.15, 0.2) is 18.2 Å². The summed E-state index contributed by atoms with van der Waals surface area (Å²) in [5.41, 5.74) is 3.17. The molecule has 0 amide bonds. The second-order valence-corrected chi connectivity index (χ2v) is 9.64. The van der Waals surface area contributed by atoms with Crippen molar-refractivity contribution in [3.63, 3.8) is 0 Å². The molecule has 0 radical (unpaired) electrons. The Balaban J connectivity index is 1.43. The van der Waals surface area contributed by atoms with Crippen molar-refractivity contribution in [2.45, 2.75) is 82.8 Å². The molecule has 3 heteroatoms. The van der Waals surface area contributed by atoms with Crippen LogP contribution < -0.4 is 4.74 Å². The molecule has 1 aromatic rings. The smallest absolute Gasteiger partial charge is 0.199 e. The van der Waals surface area contributed by atoms with Gasteiger partial charge in [-0.3, -0.25) is 0 Å². The second-order valence-electron chi connectivity index (χ2n) is 9.64. The third kappa shape index (κ3) is 3.03. The van der Waals surface area contributed by atoms with Gasteiger partial charge < -0.3 is 14.3 Å². The van der Waals surface area contributed by atoms with Crippen molar-refractivity contribution in [1.82, 2.24) is 0 Å². The number of hydrogen-bond donors (Lipinski definition) is 0. The van der Waals surface area contributed by atoms with Gasteiger partial charge in [-0.1, -0.05) is 19.4 Å². The van der Waals surface area contributed by atoms with Gasteiger partial charge in [-0.15, -0.1) is 0 Å². The highest BCUT2D eigenvalue weighted by Gasteiger charge is 2.51. The number of benzene rings is 1. The largest absolute Gasteiger partial charge is 0.465 e. The molecule has 27 heavy (non-hydrogen) atoms. The summed E-state index contributed by atoms with van der Waals surface area (Å²) in [4.78, 5) is 12.0. The third-order valence-corrected chi connectivity index (χ3v) is 8.17. The fraction of sp³-hybridized carbons (Fsp3) is 0.708. The minimum absolute atomic E-state index is 0.0278. The minimum atomic E-state index is -0.128. The molecule has 2 saturated carbocycles. The van der Waals surface area contributed by atoms with E-state index in [1.807, 2.05) is 0 Å². The summed E-state index contributed by atoms with van der Waals surface area (Å²) in [5, 5.41) is 0. The Hall–Kier alpha value is -1.35. The Morgan fingerprint density at radius 2 is 2.04 bits per heavy atom. The average molecular weight is 369 g/mol. The monoisotopic (exact) mass is 368 g/mol. The van der Waals surface area contributed by atoms with Gasteiger partial charge in [-0.25, -0.2) is 0 Å². The van der Waals surface area contributed by atoms with Crippen molar-refractivity contribution in [3.8, 4) is 5.75 Å². The van der Waals surface area contributed by atoms with Gasteiger partial charge in [0.15, 0.2) is 6.29 Å². The van der Waals surface area contributed by atoms with Crippen LogP contribution in [-0.4, -0.2) is 19.2 Å². The fourth-order valence-electron chi connectivity index (χ4n) is 6.79. The van der Waals surface area contributed by atoms with Gasteiger partial charge in [0, 0.05) is 12.3 Å². The molecular formula is C24H32O3. The van der Waals surface area contributed by atoms with Crippen LogP contribution in [0.2, 0.25) is 0 Å². The molecule has 3 aliphatic carbocycles. The number of aldehydes is 1. The highest BCUT2D eigenvalue weighted by atomic mass is 16.7. The van der Waals surface area contributed by atoms with Crippen LogP contribution >= 0.6 is 0 Å². The number of fused-ring (bicyclic) bond motifs is 5. The van der Waals surface area contributed by atoms with E-state index in [1.165, 1.54) is 49.5 Å². The molecular weight excluding hydrogens is 336 g/mol. The van der Waals surface area contributed by atoms with E-state index in [1.54, 1.807) is 0 Å². The zero-order valence-electron chi connectivity index (χ0n) is 16.5.